The van der Waals surface area contributed by atoms with Gasteiger partial charge in [0.2, 0.25) is 0 Å². The fourth-order valence-electron chi connectivity index (χ4n) is 1.74. The normalized spacial score (nSPS) is 10.6. The van der Waals surface area contributed by atoms with E-state index in [1.54, 1.807) is 0 Å². The highest BCUT2D eigenvalue weighted by Gasteiger charge is 2.07. The molecule has 1 heteroatoms. The molecule has 0 radical (unpaired) electrons. The molecule has 1 heterocycles. The van der Waals surface area contributed by atoms with Gasteiger partial charge in [0.15, 0.2) is 0 Å². The predicted octanol–water partition coefficient (Wildman–Crippen LogP) is 5.50. The number of allylic oxidation sites excluding steroid dienone is 1. The fraction of sp³-hybridized carbons (Fsp3) is 0.375. The molecule has 0 bridgehead atoms. The van der Waals surface area contributed by atoms with E-state index >= 15 is 0 Å². The van der Waals surface area contributed by atoms with Gasteiger partial charge >= 0.3 is 0 Å². The predicted molar refractivity (Wildman–Crippen MR) is 76.4 cm³/mol. The summed E-state index contributed by atoms with van der Waals surface area (Å²) in [7, 11) is 0. The molecule has 1 nitrogen and oxygen atoms in total. The first-order chi connectivity index (χ1) is 8.22. The molecule has 92 valence electrons. The van der Waals surface area contributed by atoms with Crippen molar-refractivity contribution < 1.29 is 4.42 Å². The summed E-state index contributed by atoms with van der Waals surface area (Å²) in [4.78, 5) is 0. The van der Waals surface area contributed by atoms with Crippen LogP contribution >= 0.6 is 0 Å². The van der Waals surface area contributed by atoms with Crippen LogP contribution in [0.5, 0.6) is 0 Å². The lowest BCUT2D eigenvalue weighted by Gasteiger charge is -1.91. The minimum atomic E-state index is 0.980. The third-order valence-electron chi connectivity index (χ3n) is 2.63. The molecule has 0 spiro atoms. The molecule has 0 fully saturated rings. The van der Waals surface area contributed by atoms with Crippen LogP contribution in [0.15, 0.2) is 28.7 Å². The van der Waals surface area contributed by atoms with Crippen molar-refractivity contribution in [2.75, 3.05) is 0 Å². The maximum Gasteiger partial charge on any atom is 0.135 e. The molecule has 1 aromatic heterocycles. The van der Waals surface area contributed by atoms with Crippen LogP contribution in [0.25, 0.3) is 17.0 Å². The van der Waals surface area contributed by atoms with Crippen molar-refractivity contribution in [3.63, 3.8) is 0 Å². The molecule has 1 aromatic carbocycles. The molecule has 0 aliphatic carbocycles. The third-order valence-corrected chi connectivity index (χ3v) is 2.63. The summed E-state index contributed by atoms with van der Waals surface area (Å²) in [6, 6.07) is 6.30. The number of rotatable bonds is 2. The standard InChI is InChI=1S/C14H16O.C2H6/c1-4-5-6-13-11(3)12-9-10(2)7-8-14(12)15-13;1-2/h5-9H,4H2,1-3H3;1-2H3/b6-5-;. The minimum Gasteiger partial charge on any atom is -0.456 e. The second kappa shape index (κ2) is 6.29. The van der Waals surface area contributed by atoms with E-state index in [-0.39, 0.29) is 0 Å². The van der Waals surface area contributed by atoms with E-state index in [2.05, 4.69) is 45.1 Å². The average Bonchev–Trinajstić information content (AvgIpc) is 2.66. The minimum absolute atomic E-state index is 0.980. The molecule has 0 aliphatic heterocycles. The lowest BCUT2D eigenvalue weighted by molar-refractivity contribution is 0.601. The Balaban J connectivity index is 0.000000686. The molecule has 0 saturated carbocycles. The fourth-order valence-corrected chi connectivity index (χ4v) is 1.74. The average molecular weight is 230 g/mol. The smallest absolute Gasteiger partial charge is 0.135 e. The van der Waals surface area contributed by atoms with Gasteiger partial charge < -0.3 is 4.42 Å². The highest BCUT2D eigenvalue weighted by molar-refractivity contribution is 5.84. The number of fused-ring (bicyclic) bond motifs is 1. The molecular formula is C16H22O. The van der Waals surface area contributed by atoms with Crippen molar-refractivity contribution in [3.05, 3.63) is 41.2 Å². The second-order valence-corrected chi connectivity index (χ2v) is 3.90. The first-order valence-corrected chi connectivity index (χ1v) is 6.38. The molecule has 17 heavy (non-hydrogen) atoms. The number of aryl methyl sites for hydroxylation is 2. The first-order valence-electron chi connectivity index (χ1n) is 6.38. The first kappa shape index (κ1) is 13.6. The van der Waals surface area contributed by atoms with Crippen molar-refractivity contribution in [2.45, 2.75) is 41.0 Å². The summed E-state index contributed by atoms with van der Waals surface area (Å²) in [6.45, 7) is 10.3. The van der Waals surface area contributed by atoms with Gasteiger partial charge in [0.05, 0.1) is 0 Å². The van der Waals surface area contributed by atoms with Crippen LogP contribution < -0.4 is 0 Å². The molecule has 0 amide bonds. The molecular weight excluding hydrogens is 208 g/mol. The van der Waals surface area contributed by atoms with E-state index < -0.39 is 0 Å². The zero-order valence-electron chi connectivity index (χ0n) is 11.5. The highest BCUT2D eigenvalue weighted by Crippen LogP contribution is 2.26. The summed E-state index contributed by atoms with van der Waals surface area (Å²) in [5.74, 6) is 0.984. The van der Waals surface area contributed by atoms with E-state index in [1.165, 1.54) is 16.5 Å². The second-order valence-electron chi connectivity index (χ2n) is 3.90. The Kier molecular flexibility index (Phi) is 5.02. The van der Waals surface area contributed by atoms with Crippen LogP contribution in [0.3, 0.4) is 0 Å². The summed E-state index contributed by atoms with van der Waals surface area (Å²) >= 11 is 0. The van der Waals surface area contributed by atoms with Crippen LogP contribution in [0.1, 0.15) is 44.1 Å². The molecule has 2 aromatic rings. The number of hydrogen-bond donors (Lipinski definition) is 0. The van der Waals surface area contributed by atoms with Gasteiger partial charge in [-0.2, -0.15) is 0 Å². The Hall–Kier alpha value is -1.50. The molecule has 0 aliphatic rings. The maximum atomic E-state index is 5.77. The number of benzene rings is 1. The largest absolute Gasteiger partial charge is 0.456 e. The van der Waals surface area contributed by atoms with Gasteiger partial charge in [0.25, 0.3) is 0 Å². The van der Waals surface area contributed by atoms with Crippen LogP contribution in [0.2, 0.25) is 0 Å². The topological polar surface area (TPSA) is 13.1 Å². The molecule has 0 atom stereocenters. The summed E-state index contributed by atoms with van der Waals surface area (Å²) in [5.41, 5.74) is 3.49. The van der Waals surface area contributed by atoms with Gasteiger partial charge in [-0.3, -0.25) is 0 Å². The third kappa shape index (κ3) is 3.00. The van der Waals surface area contributed by atoms with Crippen LogP contribution in [0.4, 0.5) is 0 Å². The van der Waals surface area contributed by atoms with Gasteiger partial charge in [0, 0.05) is 10.9 Å². The highest BCUT2D eigenvalue weighted by atomic mass is 16.3. The summed E-state index contributed by atoms with van der Waals surface area (Å²) in [6.07, 6.45) is 5.22. The molecule has 0 saturated heterocycles. The molecule has 0 unspecified atom stereocenters. The zero-order valence-corrected chi connectivity index (χ0v) is 11.5. The Morgan fingerprint density at radius 3 is 2.53 bits per heavy atom. The van der Waals surface area contributed by atoms with Gasteiger partial charge in [-0.25, -0.2) is 0 Å². The van der Waals surface area contributed by atoms with Crippen LogP contribution in [0, 0.1) is 13.8 Å². The SMILES string of the molecule is CC.CC/C=C\c1oc2ccc(C)cc2c1C. The lowest BCUT2D eigenvalue weighted by Crippen LogP contribution is -1.73. The quantitative estimate of drug-likeness (QED) is 0.664. The van der Waals surface area contributed by atoms with E-state index in [1.807, 2.05) is 19.9 Å². The van der Waals surface area contributed by atoms with Crippen LogP contribution in [-0.2, 0) is 0 Å². The Morgan fingerprint density at radius 1 is 1.18 bits per heavy atom. The number of hydrogen-bond acceptors (Lipinski definition) is 1. The van der Waals surface area contributed by atoms with Crippen molar-refractivity contribution in [1.82, 2.24) is 0 Å². The van der Waals surface area contributed by atoms with E-state index in [0.29, 0.717) is 0 Å². The summed E-state index contributed by atoms with van der Waals surface area (Å²) in [5, 5.41) is 1.23. The Labute approximate surface area is 104 Å². The van der Waals surface area contributed by atoms with Gasteiger partial charge in [0.1, 0.15) is 11.3 Å². The van der Waals surface area contributed by atoms with E-state index in [0.717, 1.165) is 17.8 Å². The van der Waals surface area contributed by atoms with Crippen molar-refractivity contribution in [1.29, 1.82) is 0 Å². The maximum absolute atomic E-state index is 5.77. The lowest BCUT2D eigenvalue weighted by atomic mass is 10.1. The summed E-state index contributed by atoms with van der Waals surface area (Å²) < 4.78 is 5.77. The van der Waals surface area contributed by atoms with Crippen molar-refractivity contribution in [2.24, 2.45) is 0 Å². The Morgan fingerprint density at radius 2 is 1.88 bits per heavy atom. The Bertz CT molecular complexity index is 503. The number of furan rings is 1. The monoisotopic (exact) mass is 230 g/mol. The molecule has 2 rings (SSSR count). The van der Waals surface area contributed by atoms with Gasteiger partial charge in [-0.1, -0.05) is 38.5 Å². The van der Waals surface area contributed by atoms with Gasteiger partial charge in [-0.05, 0) is 38.5 Å². The van der Waals surface area contributed by atoms with Crippen LogP contribution in [-0.4, -0.2) is 0 Å². The van der Waals surface area contributed by atoms with Gasteiger partial charge in [-0.15, -0.1) is 0 Å². The van der Waals surface area contributed by atoms with Crippen molar-refractivity contribution >= 4 is 17.0 Å². The van der Waals surface area contributed by atoms with E-state index in [4.69, 9.17) is 4.42 Å². The zero-order chi connectivity index (χ0) is 12.8. The van der Waals surface area contributed by atoms with E-state index in [9.17, 15) is 0 Å². The molecule has 0 N–H and O–H groups in total. The van der Waals surface area contributed by atoms with Crippen molar-refractivity contribution in [3.8, 4) is 0 Å².